The van der Waals surface area contributed by atoms with Crippen molar-refractivity contribution in [2.45, 2.75) is 13.0 Å². The Kier molecular flexibility index (Phi) is 4.22. The number of nitrogen functional groups attached to an aromatic ring is 1. The van der Waals surface area contributed by atoms with Crippen molar-refractivity contribution in [3.05, 3.63) is 57.4 Å². The van der Waals surface area contributed by atoms with Gasteiger partial charge in [-0.1, -0.05) is 6.07 Å². The molecule has 1 heterocycles. The Balaban J connectivity index is 2.04. The van der Waals surface area contributed by atoms with Crippen LogP contribution in [0.15, 0.2) is 46.1 Å². The molecule has 0 radical (unpaired) electrons. The third-order valence-corrected chi connectivity index (χ3v) is 2.97. The van der Waals surface area contributed by atoms with Crippen molar-refractivity contribution in [2.24, 2.45) is 7.05 Å². The molecule has 0 unspecified atom stereocenters. The van der Waals surface area contributed by atoms with Gasteiger partial charge in [0.1, 0.15) is 0 Å². The minimum Gasteiger partial charge on any atom is -0.399 e. The highest BCUT2D eigenvalue weighted by atomic mass is 16.2. The number of amides is 1. The summed E-state index contributed by atoms with van der Waals surface area (Å²) in [6.07, 6.45) is 1.42. The van der Waals surface area contributed by atoms with Crippen LogP contribution in [0.5, 0.6) is 0 Å². The van der Waals surface area contributed by atoms with Crippen LogP contribution in [0.3, 0.4) is 0 Å². The number of hydrogen-bond donors (Lipinski definition) is 2. The number of nitrogens with zero attached hydrogens (tertiary/aromatic N) is 2. The third kappa shape index (κ3) is 3.59. The molecule has 0 saturated carbocycles. The fourth-order valence-electron chi connectivity index (χ4n) is 1.87. The van der Waals surface area contributed by atoms with Gasteiger partial charge in [0.15, 0.2) is 0 Å². The van der Waals surface area contributed by atoms with Crippen LogP contribution in [0.1, 0.15) is 6.42 Å². The summed E-state index contributed by atoms with van der Waals surface area (Å²) >= 11 is 0. The number of nitrogens with two attached hydrogens (primary N) is 1. The SMILES string of the molecule is Cn1ccc(=O)n(CCC(=O)Nc2cccc(N)c2)c1=O. The molecule has 0 aliphatic heterocycles. The van der Waals surface area contributed by atoms with E-state index in [-0.39, 0.29) is 18.9 Å². The maximum absolute atomic E-state index is 11.8. The molecule has 1 aromatic carbocycles. The van der Waals surface area contributed by atoms with Gasteiger partial charge in [0.2, 0.25) is 5.91 Å². The third-order valence-electron chi connectivity index (χ3n) is 2.97. The zero-order valence-corrected chi connectivity index (χ0v) is 11.6. The van der Waals surface area contributed by atoms with Crippen LogP contribution in [-0.4, -0.2) is 15.0 Å². The summed E-state index contributed by atoms with van der Waals surface area (Å²) in [7, 11) is 1.55. The van der Waals surface area contributed by atoms with Crippen molar-refractivity contribution in [3.63, 3.8) is 0 Å². The average molecular weight is 288 g/mol. The summed E-state index contributed by atoms with van der Waals surface area (Å²) in [6, 6.07) is 8.07. The summed E-state index contributed by atoms with van der Waals surface area (Å²) in [5.41, 5.74) is 5.87. The second kappa shape index (κ2) is 6.08. The maximum atomic E-state index is 11.8. The summed E-state index contributed by atoms with van der Waals surface area (Å²) in [5.74, 6) is -0.293. The molecule has 21 heavy (non-hydrogen) atoms. The van der Waals surface area contributed by atoms with Crippen molar-refractivity contribution in [2.75, 3.05) is 11.1 Å². The second-order valence-electron chi connectivity index (χ2n) is 4.62. The molecular weight excluding hydrogens is 272 g/mol. The van der Waals surface area contributed by atoms with E-state index >= 15 is 0 Å². The highest BCUT2D eigenvalue weighted by molar-refractivity contribution is 5.91. The predicted octanol–water partition coefficient (Wildman–Crippen LogP) is 0.158. The Hall–Kier alpha value is -2.83. The lowest BCUT2D eigenvalue weighted by Crippen LogP contribution is -2.38. The standard InChI is InChI=1S/C14H16N4O3/c1-17-7-6-13(20)18(14(17)21)8-5-12(19)16-11-4-2-3-10(15)9-11/h2-4,6-7,9H,5,8,15H2,1H3,(H,16,19). The number of rotatable bonds is 4. The van der Waals surface area contributed by atoms with Crippen molar-refractivity contribution in [1.29, 1.82) is 0 Å². The molecule has 1 amide bonds. The molecule has 0 saturated heterocycles. The van der Waals surface area contributed by atoms with Gasteiger partial charge in [0.05, 0.1) is 0 Å². The molecular formula is C14H16N4O3. The molecule has 0 fully saturated rings. The van der Waals surface area contributed by atoms with Crippen LogP contribution in [0, 0.1) is 0 Å². The lowest BCUT2D eigenvalue weighted by molar-refractivity contribution is -0.116. The van der Waals surface area contributed by atoms with Gasteiger partial charge in [-0.3, -0.25) is 14.2 Å². The largest absolute Gasteiger partial charge is 0.399 e. The molecule has 0 bridgehead atoms. The maximum Gasteiger partial charge on any atom is 0.330 e. The number of aromatic nitrogens is 2. The Morgan fingerprint density at radius 3 is 2.76 bits per heavy atom. The number of anilines is 2. The van der Waals surface area contributed by atoms with Crippen molar-refractivity contribution < 1.29 is 4.79 Å². The lowest BCUT2D eigenvalue weighted by atomic mass is 10.2. The van der Waals surface area contributed by atoms with E-state index < -0.39 is 11.2 Å². The van der Waals surface area contributed by atoms with Gasteiger partial charge >= 0.3 is 5.69 Å². The predicted molar refractivity (Wildman–Crippen MR) is 80.0 cm³/mol. The van der Waals surface area contributed by atoms with Gasteiger partial charge < -0.3 is 15.6 Å². The van der Waals surface area contributed by atoms with Gasteiger partial charge in [-0.15, -0.1) is 0 Å². The van der Waals surface area contributed by atoms with E-state index in [1.807, 2.05) is 0 Å². The topological polar surface area (TPSA) is 99.1 Å². The molecule has 2 aromatic rings. The molecule has 0 atom stereocenters. The smallest absolute Gasteiger partial charge is 0.330 e. The van der Waals surface area contributed by atoms with Crippen molar-refractivity contribution >= 4 is 17.3 Å². The molecule has 110 valence electrons. The van der Waals surface area contributed by atoms with Gasteiger partial charge in [0, 0.05) is 43.7 Å². The van der Waals surface area contributed by atoms with E-state index in [1.54, 1.807) is 31.3 Å². The van der Waals surface area contributed by atoms with Gasteiger partial charge in [-0.25, -0.2) is 4.79 Å². The van der Waals surface area contributed by atoms with Gasteiger partial charge in [-0.05, 0) is 18.2 Å². The fraction of sp³-hybridized carbons (Fsp3) is 0.214. The fourth-order valence-corrected chi connectivity index (χ4v) is 1.87. The molecule has 7 heteroatoms. The molecule has 0 aliphatic rings. The zero-order chi connectivity index (χ0) is 15.4. The van der Waals surface area contributed by atoms with Crippen LogP contribution in [-0.2, 0) is 18.4 Å². The summed E-state index contributed by atoms with van der Waals surface area (Å²) in [4.78, 5) is 35.2. The molecule has 7 nitrogen and oxygen atoms in total. The number of hydrogen-bond acceptors (Lipinski definition) is 4. The van der Waals surface area contributed by atoms with E-state index in [0.717, 1.165) is 4.57 Å². The van der Waals surface area contributed by atoms with Crippen LogP contribution < -0.4 is 22.3 Å². The summed E-state index contributed by atoms with van der Waals surface area (Å²) in [5, 5.41) is 2.66. The Labute approximate surface area is 120 Å². The first kappa shape index (κ1) is 14.6. The first-order valence-electron chi connectivity index (χ1n) is 6.39. The quantitative estimate of drug-likeness (QED) is 0.783. The molecule has 2 rings (SSSR count). The highest BCUT2D eigenvalue weighted by Gasteiger charge is 2.07. The molecule has 3 N–H and O–H groups in total. The number of aryl methyl sites for hydroxylation is 1. The number of nitrogens with one attached hydrogen (secondary N) is 1. The minimum atomic E-state index is -0.445. The Morgan fingerprint density at radius 2 is 2.05 bits per heavy atom. The first-order chi connectivity index (χ1) is 9.97. The van der Waals surface area contributed by atoms with Crippen LogP contribution in [0.2, 0.25) is 0 Å². The summed E-state index contributed by atoms with van der Waals surface area (Å²) < 4.78 is 2.32. The van der Waals surface area contributed by atoms with E-state index in [4.69, 9.17) is 5.73 Å². The molecule has 0 aliphatic carbocycles. The molecule has 1 aromatic heterocycles. The normalized spacial score (nSPS) is 10.3. The average Bonchev–Trinajstić information content (AvgIpc) is 2.43. The van der Waals surface area contributed by atoms with Crippen molar-refractivity contribution in [3.8, 4) is 0 Å². The Bertz CT molecular complexity index is 776. The van der Waals surface area contributed by atoms with E-state index in [1.165, 1.54) is 16.8 Å². The van der Waals surface area contributed by atoms with Crippen LogP contribution in [0.4, 0.5) is 11.4 Å². The van der Waals surface area contributed by atoms with Gasteiger partial charge in [-0.2, -0.15) is 0 Å². The lowest BCUT2D eigenvalue weighted by Gasteiger charge is -2.08. The van der Waals surface area contributed by atoms with Crippen LogP contribution in [0.25, 0.3) is 0 Å². The van der Waals surface area contributed by atoms with Crippen molar-refractivity contribution in [1.82, 2.24) is 9.13 Å². The second-order valence-corrected chi connectivity index (χ2v) is 4.62. The summed E-state index contributed by atoms with van der Waals surface area (Å²) in [6.45, 7) is 0.0283. The monoisotopic (exact) mass is 288 g/mol. The highest BCUT2D eigenvalue weighted by Crippen LogP contribution is 2.11. The number of carbonyl (C=O) groups is 1. The first-order valence-corrected chi connectivity index (χ1v) is 6.39. The minimum absolute atomic E-state index is 0.0218. The van der Waals surface area contributed by atoms with Gasteiger partial charge in [0.25, 0.3) is 5.56 Å². The van der Waals surface area contributed by atoms with E-state index in [0.29, 0.717) is 11.4 Å². The Morgan fingerprint density at radius 1 is 1.29 bits per heavy atom. The zero-order valence-electron chi connectivity index (χ0n) is 11.6. The van der Waals surface area contributed by atoms with E-state index in [9.17, 15) is 14.4 Å². The van der Waals surface area contributed by atoms with Crippen LogP contribution >= 0.6 is 0 Å². The van der Waals surface area contributed by atoms with E-state index in [2.05, 4.69) is 5.32 Å². The molecule has 0 spiro atoms. The number of carbonyl (C=O) groups excluding carboxylic acids is 1. The number of benzene rings is 1.